The average Bonchev–Trinajstić information content (AvgIpc) is 3.18. The molecule has 0 spiro atoms. The van der Waals surface area contributed by atoms with E-state index in [4.69, 9.17) is 28.2 Å². The third-order valence-electron chi connectivity index (χ3n) is 4.60. The summed E-state index contributed by atoms with van der Waals surface area (Å²) in [6.07, 6.45) is 0. The standard InChI is InChI=1S/C19H16BrCl2N3O2S2/c20-14-3-1-2-13(8-14)18-12-28-19(23-18)24-4-6-25(7-5-24)29(26,27)17-10-15(21)9-16(22)11-17/h1-3,8-12H,4-7H2. The van der Waals surface area contributed by atoms with Crippen molar-refractivity contribution in [2.45, 2.75) is 4.90 Å². The number of piperazine rings is 1. The van der Waals surface area contributed by atoms with Gasteiger partial charge in [0.2, 0.25) is 10.0 Å². The zero-order valence-electron chi connectivity index (χ0n) is 15.1. The van der Waals surface area contributed by atoms with Gasteiger partial charge in [-0.05, 0) is 30.3 Å². The molecular formula is C19H16BrCl2N3O2S2. The van der Waals surface area contributed by atoms with Gasteiger partial charge in [0.25, 0.3) is 0 Å². The van der Waals surface area contributed by atoms with Gasteiger partial charge in [-0.2, -0.15) is 4.31 Å². The molecule has 0 unspecified atom stereocenters. The Morgan fingerprint density at radius 3 is 2.34 bits per heavy atom. The topological polar surface area (TPSA) is 53.5 Å². The SMILES string of the molecule is O=S(=O)(c1cc(Cl)cc(Cl)c1)N1CCN(c2nc(-c3cccc(Br)c3)cs2)CC1. The van der Waals surface area contributed by atoms with Crippen molar-refractivity contribution in [2.24, 2.45) is 0 Å². The smallest absolute Gasteiger partial charge is 0.243 e. The number of anilines is 1. The highest BCUT2D eigenvalue weighted by molar-refractivity contribution is 9.10. The fourth-order valence-electron chi connectivity index (χ4n) is 3.14. The third-order valence-corrected chi connectivity index (χ3v) is 8.30. The van der Waals surface area contributed by atoms with Crippen LogP contribution in [0.4, 0.5) is 5.13 Å². The quantitative estimate of drug-likeness (QED) is 0.452. The Labute approximate surface area is 192 Å². The molecule has 4 rings (SSSR count). The van der Waals surface area contributed by atoms with Gasteiger partial charge >= 0.3 is 0 Å². The van der Waals surface area contributed by atoms with Crippen LogP contribution in [0, 0.1) is 0 Å². The van der Waals surface area contributed by atoms with Crippen LogP contribution in [0.25, 0.3) is 11.3 Å². The van der Waals surface area contributed by atoms with Gasteiger partial charge in [0, 0.05) is 51.6 Å². The van der Waals surface area contributed by atoms with Gasteiger partial charge < -0.3 is 4.90 Å². The van der Waals surface area contributed by atoms with Gasteiger partial charge in [-0.3, -0.25) is 0 Å². The van der Waals surface area contributed by atoms with E-state index < -0.39 is 10.0 Å². The summed E-state index contributed by atoms with van der Waals surface area (Å²) in [7, 11) is -3.64. The zero-order valence-corrected chi connectivity index (χ0v) is 19.8. The number of nitrogens with zero attached hydrogens (tertiary/aromatic N) is 3. The molecule has 0 atom stereocenters. The molecule has 5 nitrogen and oxygen atoms in total. The van der Waals surface area contributed by atoms with E-state index in [1.165, 1.54) is 22.5 Å². The molecule has 29 heavy (non-hydrogen) atoms. The predicted octanol–water partition coefficient (Wildman–Crippen LogP) is 5.39. The van der Waals surface area contributed by atoms with E-state index in [-0.39, 0.29) is 4.90 Å². The number of hydrogen-bond acceptors (Lipinski definition) is 5. The Balaban J connectivity index is 1.47. The summed E-state index contributed by atoms with van der Waals surface area (Å²) in [6, 6.07) is 12.4. The lowest BCUT2D eigenvalue weighted by Gasteiger charge is -2.33. The van der Waals surface area contributed by atoms with E-state index >= 15 is 0 Å². The molecule has 1 saturated heterocycles. The molecule has 1 aromatic heterocycles. The zero-order chi connectivity index (χ0) is 20.6. The fourth-order valence-corrected chi connectivity index (χ4v) is 6.57. The highest BCUT2D eigenvalue weighted by atomic mass is 79.9. The molecule has 0 saturated carbocycles. The molecule has 1 aliphatic heterocycles. The van der Waals surface area contributed by atoms with Crippen molar-refractivity contribution in [1.29, 1.82) is 0 Å². The van der Waals surface area contributed by atoms with Crippen LogP contribution >= 0.6 is 50.5 Å². The lowest BCUT2D eigenvalue weighted by molar-refractivity contribution is 0.385. The maximum Gasteiger partial charge on any atom is 0.243 e. The Morgan fingerprint density at radius 1 is 1.00 bits per heavy atom. The highest BCUT2D eigenvalue weighted by Crippen LogP contribution is 2.30. The molecular weight excluding hydrogens is 517 g/mol. The Bertz CT molecular complexity index is 1130. The molecule has 0 N–H and O–H groups in total. The second-order valence-electron chi connectivity index (χ2n) is 6.52. The number of halogens is 3. The summed E-state index contributed by atoms with van der Waals surface area (Å²) in [4.78, 5) is 6.97. The average molecular weight is 533 g/mol. The normalized spacial score (nSPS) is 15.6. The van der Waals surface area contributed by atoms with Crippen LogP contribution in [0.5, 0.6) is 0 Å². The summed E-state index contributed by atoms with van der Waals surface area (Å²) < 4.78 is 28.3. The molecule has 0 amide bonds. The monoisotopic (exact) mass is 531 g/mol. The fraction of sp³-hybridized carbons (Fsp3) is 0.211. The van der Waals surface area contributed by atoms with Gasteiger partial charge in [-0.1, -0.05) is 51.3 Å². The second kappa shape index (κ2) is 8.53. The van der Waals surface area contributed by atoms with E-state index in [2.05, 4.69) is 20.8 Å². The largest absolute Gasteiger partial charge is 0.345 e. The number of hydrogen-bond donors (Lipinski definition) is 0. The summed E-state index contributed by atoms with van der Waals surface area (Å²) >= 11 is 17.0. The molecule has 0 aliphatic carbocycles. The van der Waals surface area contributed by atoms with E-state index in [1.54, 1.807) is 11.3 Å². The van der Waals surface area contributed by atoms with Crippen LogP contribution in [-0.4, -0.2) is 43.9 Å². The van der Waals surface area contributed by atoms with Crippen molar-refractivity contribution in [3.8, 4) is 11.3 Å². The van der Waals surface area contributed by atoms with Crippen LogP contribution in [0.3, 0.4) is 0 Å². The number of sulfonamides is 1. The number of benzene rings is 2. The summed E-state index contributed by atoms with van der Waals surface area (Å²) in [5, 5.41) is 3.52. The highest BCUT2D eigenvalue weighted by Gasteiger charge is 2.30. The third kappa shape index (κ3) is 4.62. The number of aromatic nitrogens is 1. The van der Waals surface area contributed by atoms with Crippen LogP contribution in [0.15, 0.2) is 57.2 Å². The van der Waals surface area contributed by atoms with Crippen molar-refractivity contribution in [2.75, 3.05) is 31.1 Å². The van der Waals surface area contributed by atoms with Gasteiger partial charge in [0.05, 0.1) is 10.6 Å². The molecule has 152 valence electrons. The van der Waals surface area contributed by atoms with E-state index in [0.29, 0.717) is 36.2 Å². The first-order valence-corrected chi connectivity index (χ1v) is 12.6. The van der Waals surface area contributed by atoms with Crippen LogP contribution in [0.1, 0.15) is 0 Å². The molecule has 3 aromatic rings. The molecule has 1 aliphatic rings. The van der Waals surface area contributed by atoms with Crippen molar-refractivity contribution in [3.05, 3.63) is 62.4 Å². The lowest BCUT2D eigenvalue weighted by Crippen LogP contribution is -2.48. The van der Waals surface area contributed by atoms with Crippen molar-refractivity contribution in [3.63, 3.8) is 0 Å². The summed E-state index contributed by atoms with van der Waals surface area (Å²) in [6.45, 7) is 1.88. The van der Waals surface area contributed by atoms with Gasteiger partial charge in [0.15, 0.2) is 5.13 Å². The maximum absolute atomic E-state index is 12.9. The Kier molecular flexibility index (Phi) is 6.20. The minimum atomic E-state index is -3.64. The lowest BCUT2D eigenvalue weighted by atomic mass is 10.2. The minimum Gasteiger partial charge on any atom is -0.345 e. The van der Waals surface area contributed by atoms with E-state index in [1.807, 2.05) is 29.6 Å². The first-order valence-electron chi connectivity index (χ1n) is 8.75. The molecule has 2 heterocycles. The maximum atomic E-state index is 12.9. The molecule has 2 aromatic carbocycles. The molecule has 1 fully saturated rings. The van der Waals surface area contributed by atoms with Crippen molar-refractivity contribution in [1.82, 2.24) is 9.29 Å². The number of rotatable bonds is 4. The van der Waals surface area contributed by atoms with Crippen LogP contribution < -0.4 is 4.90 Å². The van der Waals surface area contributed by atoms with E-state index in [0.717, 1.165) is 20.9 Å². The van der Waals surface area contributed by atoms with Gasteiger partial charge in [-0.25, -0.2) is 13.4 Å². The van der Waals surface area contributed by atoms with Crippen molar-refractivity contribution < 1.29 is 8.42 Å². The second-order valence-corrected chi connectivity index (χ2v) is 11.1. The van der Waals surface area contributed by atoms with Gasteiger partial charge in [0.1, 0.15) is 0 Å². The first-order chi connectivity index (χ1) is 13.8. The first kappa shape index (κ1) is 21.1. The predicted molar refractivity (Wildman–Crippen MR) is 123 cm³/mol. The number of thiazole rings is 1. The minimum absolute atomic E-state index is 0.120. The van der Waals surface area contributed by atoms with Gasteiger partial charge in [-0.15, -0.1) is 11.3 Å². The Morgan fingerprint density at radius 2 is 1.69 bits per heavy atom. The Hall–Kier alpha value is -1.16. The van der Waals surface area contributed by atoms with Crippen LogP contribution in [-0.2, 0) is 10.0 Å². The summed E-state index contributed by atoms with van der Waals surface area (Å²) in [5.41, 5.74) is 1.95. The molecule has 0 bridgehead atoms. The molecule has 0 radical (unpaired) electrons. The molecule has 10 heteroatoms. The van der Waals surface area contributed by atoms with Crippen LogP contribution in [0.2, 0.25) is 10.0 Å². The van der Waals surface area contributed by atoms with E-state index in [9.17, 15) is 8.42 Å². The van der Waals surface area contributed by atoms with Crippen molar-refractivity contribution >= 4 is 65.6 Å². The summed E-state index contributed by atoms with van der Waals surface area (Å²) in [5.74, 6) is 0.